The molecule has 1 saturated heterocycles. The summed E-state index contributed by atoms with van der Waals surface area (Å²) in [6.07, 6.45) is 6.12. The van der Waals surface area contributed by atoms with Gasteiger partial charge in [-0.25, -0.2) is 4.79 Å². The lowest BCUT2D eigenvalue weighted by molar-refractivity contribution is -0.170. The maximum Gasteiger partial charge on any atom is 0.330 e. The number of hydrogen-bond acceptors (Lipinski definition) is 5. The molecule has 0 spiro atoms. The van der Waals surface area contributed by atoms with Crippen LogP contribution in [0.2, 0.25) is 18.1 Å². The van der Waals surface area contributed by atoms with E-state index in [9.17, 15) is 4.79 Å². The highest BCUT2D eigenvalue weighted by atomic mass is 28.4. The maximum absolute atomic E-state index is 11.9. The quantitative estimate of drug-likeness (QED) is 0.448. The first-order valence-corrected chi connectivity index (χ1v) is 13.2. The molecular formula is C21H38O5Si. The molecule has 5 nitrogen and oxygen atoms in total. The number of carbonyl (C=O) groups excluding carboxylic acids is 1. The Hall–Kier alpha value is -0.693. The first-order valence-electron chi connectivity index (χ1n) is 10.3. The van der Waals surface area contributed by atoms with Crippen molar-refractivity contribution in [3.05, 3.63) is 12.2 Å². The fourth-order valence-corrected chi connectivity index (χ4v) is 4.70. The van der Waals surface area contributed by atoms with E-state index in [1.54, 1.807) is 0 Å². The molecule has 0 aliphatic carbocycles. The third kappa shape index (κ3) is 5.65. The van der Waals surface area contributed by atoms with Gasteiger partial charge in [0.05, 0.1) is 6.10 Å². The molecule has 0 unspecified atom stereocenters. The van der Waals surface area contributed by atoms with Crippen LogP contribution in [0.15, 0.2) is 12.2 Å². The topological polar surface area (TPSA) is 54.0 Å². The number of hydrogen-bond donors (Lipinski definition) is 0. The van der Waals surface area contributed by atoms with Crippen LogP contribution >= 0.6 is 0 Å². The van der Waals surface area contributed by atoms with Gasteiger partial charge in [-0.15, -0.1) is 0 Å². The summed E-state index contributed by atoms with van der Waals surface area (Å²) in [5, 5.41) is 0.0493. The average Bonchev–Trinajstić information content (AvgIpc) is 2.84. The van der Waals surface area contributed by atoms with E-state index in [1.165, 1.54) is 6.08 Å². The minimum absolute atomic E-state index is 0.0493. The van der Waals surface area contributed by atoms with E-state index in [2.05, 4.69) is 40.8 Å². The van der Waals surface area contributed by atoms with Crippen molar-refractivity contribution in [2.75, 3.05) is 0 Å². The second-order valence-electron chi connectivity index (χ2n) is 9.74. The highest BCUT2D eigenvalue weighted by molar-refractivity contribution is 6.74. The molecule has 27 heavy (non-hydrogen) atoms. The van der Waals surface area contributed by atoms with Crippen molar-refractivity contribution in [3.8, 4) is 0 Å². The van der Waals surface area contributed by atoms with Crippen LogP contribution in [0.4, 0.5) is 0 Å². The van der Waals surface area contributed by atoms with Crippen LogP contribution in [-0.2, 0) is 23.4 Å². The van der Waals surface area contributed by atoms with Gasteiger partial charge in [-0.2, -0.15) is 0 Å². The summed E-state index contributed by atoms with van der Waals surface area (Å²) < 4.78 is 25.0. The number of cyclic esters (lactones) is 1. The largest absolute Gasteiger partial charge is 0.456 e. The van der Waals surface area contributed by atoms with Crippen molar-refractivity contribution in [2.24, 2.45) is 0 Å². The van der Waals surface area contributed by atoms with Gasteiger partial charge in [0.25, 0.3) is 0 Å². The number of rotatable bonds is 7. The average molecular weight is 399 g/mol. The molecule has 0 saturated carbocycles. The Morgan fingerprint density at radius 3 is 2.52 bits per heavy atom. The second kappa shape index (κ2) is 8.35. The Morgan fingerprint density at radius 1 is 1.30 bits per heavy atom. The number of ether oxygens (including phenoxy) is 3. The maximum atomic E-state index is 11.9. The van der Waals surface area contributed by atoms with E-state index in [-0.39, 0.29) is 35.4 Å². The van der Waals surface area contributed by atoms with Crippen molar-refractivity contribution in [1.29, 1.82) is 0 Å². The van der Waals surface area contributed by atoms with Crippen molar-refractivity contribution in [1.82, 2.24) is 0 Å². The van der Waals surface area contributed by atoms with Crippen LogP contribution < -0.4 is 0 Å². The van der Waals surface area contributed by atoms with Crippen molar-refractivity contribution < 1.29 is 23.4 Å². The van der Waals surface area contributed by atoms with Gasteiger partial charge in [0.2, 0.25) is 0 Å². The molecule has 0 bridgehead atoms. The molecule has 0 aromatic carbocycles. The molecule has 2 aliphatic rings. The third-order valence-corrected chi connectivity index (χ3v) is 10.4. The molecule has 6 heteroatoms. The Labute approximate surface area is 165 Å². The summed E-state index contributed by atoms with van der Waals surface area (Å²) in [7, 11) is -2.10. The zero-order valence-corrected chi connectivity index (χ0v) is 19.3. The highest BCUT2D eigenvalue weighted by Crippen LogP contribution is 2.42. The number of unbranched alkanes of at least 4 members (excludes halogenated alkanes) is 1. The molecule has 1 fully saturated rings. The predicted octanol–water partition coefficient (Wildman–Crippen LogP) is 4.96. The van der Waals surface area contributed by atoms with E-state index in [0.29, 0.717) is 6.42 Å². The molecule has 4 atom stereocenters. The predicted molar refractivity (Wildman–Crippen MR) is 109 cm³/mol. The van der Waals surface area contributed by atoms with Crippen molar-refractivity contribution in [3.63, 3.8) is 0 Å². The zero-order chi connectivity index (χ0) is 20.5. The molecule has 2 rings (SSSR count). The lowest BCUT2D eigenvalue weighted by Crippen LogP contribution is -2.54. The van der Waals surface area contributed by atoms with Crippen LogP contribution in [0.5, 0.6) is 0 Å². The summed E-state index contributed by atoms with van der Waals surface area (Å²) in [4.78, 5) is 11.9. The van der Waals surface area contributed by atoms with Gasteiger partial charge >= 0.3 is 5.97 Å². The SMILES string of the molecule is CCCC[C@@H]1OC(C)(C)O[C@H]1[C@H](O[Si](C)(C)C(C)(C)C)[C@@H]1CC=CC(=O)O1. The van der Waals surface area contributed by atoms with Gasteiger partial charge in [-0.3, -0.25) is 0 Å². The van der Waals surface area contributed by atoms with E-state index in [4.69, 9.17) is 18.6 Å². The zero-order valence-electron chi connectivity index (χ0n) is 18.3. The highest BCUT2D eigenvalue weighted by Gasteiger charge is 2.51. The van der Waals surface area contributed by atoms with Gasteiger partial charge in [0.15, 0.2) is 14.1 Å². The molecule has 0 aromatic heterocycles. The fraction of sp³-hybridized carbons (Fsp3) is 0.857. The van der Waals surface area contributed by atoms with Crippen LogP contribution in [-0.4, -0.2) is 44.5 Å². The van der Waals surface area contributed by atoms with Crippen LogP contribution in [0.3, 0.4) is 0 Å². The summed E-state index contributed by atoms with van der Waals surface area (Å²) in [6, 6.07) is 0. The van der Waals surface area contributed by atoms with Crippen LogP contribution in [0.1, 0.15) is 67.2 Å². The molecule has 0 radical (unpaired) electrons. The lowest BCUT2D eigenvalue weighted by atomic mass is 9.97. The molecule has 0 aromatic rings. The first kappa shape index (κ1) is 22.6. The smallest absolute Gasteiger partial charge is 0.330 e. The Kier molecular flexibility index (Phi) is 6.99. The van der Waals surface area contributed by atoms with Gasteiger partial charge in [0, 0.05) is 12.5 Å². The first-order chi connectivity index (χ1) is 12.4. The Morgan fingerprint density at radius 2 is 1.96 bits per heavy atom. The minimum atomic E-state index is -2.10. The van der Waals surface area contributed by atoms with Crippen LogP contribution in [0, 0.1) is 0 Å². The molecule has 0 amide bonds. The standard InChI is InChI=1S/C21H38O5Si/c1-9-10-12-16-18(25-21(5,6)24-16)19(15-13-11-14-17(22)23-15)26-27(7,8)20(2,3)4/h11,14-16,18-19H,9-10,12-13H2,1-8H3/t15-,16-,18+,19+/m0/s1. The fourth-order valence-electron chi connectivity index (χ4n) is 3.38. The summed E-state index contributed by atoms with van der Waals surface area (Å²) in [5.74, 6) is -0.967. The second-order valence-corrected chi connectivity index (χ2v) is 14.5. The van der Waals surface area contributed by atoms with Gasteiger partial charge in [0.1, 0.15) is 18.3 Å². The summed E-state index contributed by atoms with van der Waals surface area (Å²) >= 11 is 0. The normalized spacial score (nSPS) is 29.6. The monoisotopic (exact) mass is 398 g/mol. The number of carbonyl (C=O) groups is 1. The third-order valence-electron chi connectivity index (χ3n) is 5.88. The molecular weight excluding hydrogens is 360 g/mol. The van der Waals surface area contributed by atoms with Gasteiger partial charge in [-0.1, -0.05) is 46.6 Å². The van der Waals surface area contributed by atoms with E-state index < -0.39 is 14.1 Å². The Bertz CT molecular complexity index is 549. The minimum Gasteiger partial charge on any atom is -0.456 e. The van der Waals surface area contributed by atoms with Gasteiger partial charge in [-0.05, 0) is 38.4 Å². The van der Waals surface area contributed by atoms with Crippen LogP contribution in [0.25, 0.3) is 0 Å². The summed E-state index contributed by atoms with van der Waals surface area (Å²) in [5.41, 5.74) is 0. The molecule has 0 N–H and O–H groups in total. The molecule has 2 aliphatic heterocycles. The van der Waals surface area contributed by atoms with Gasteiger partial charge < -0.3 is 18.6 Å². The van der Waals surface area contributed by atoms with E-state index >= 15 is 0 Å². The Balaban J connectivity index is 2.32. The molecule has 156 valence electrons. The van der Waals surface area contributed by atoms with Crippen molar-refractivity contribution in [2.45, 2.75) is 116 Å². The van der Waals surface area contributed by atoms with Crippen molar-refractivity contribution >= 4 is 14.3 Å². The van der Waals surface area contributed by atoms with E-state index in [1.807, 2.05) is 19.9 Å². The molecule has 2 heterocycles. The lowest BCUT2D eigenvalue weighted by Gasteiger charge is -2.43. The number of esters is 1. The van der Waals surface area contributed by atoms with E-state index in [0.717, 1.165) is 19.3 Å². The summed E-state index contributed by atoms with van der Waals surface area (Å²) in [6.45, 7) is 17.2.